The minimum atomic E-state index is -0.0510. The number of halogens is 1. The zero-order valence-corrected chi connectivity index (χ0v) is 18.3. The van der Waals surface area contributed by atoms with Crippen LogP contribution in [0.5, 0.6) is 0 Å². The van der Waals surface area contributed by atoms with E-state index in [4.69, 9.17) is 0 Å². The molecule has 7 heteroatoms. The number of hydrogen-bond acceptors (Lipinski definition) is 5. The number of carbonyl (C=O) groups is 1. The molecular formula is C20H25BrN4OS. The van der Waals surface area contributed by atoms with Gasteiger partial charge in [0.2, 0.25) is 5.91 Å². The molecule has 2 aromatic rings. The summed E-state index contributed by atoms with van der Waals surface area (Å²) in [6, 6.07) is 7.86. The van der Waals surface area contributed by atoms with Crippen LogP contribution in [0.1, 0.15) is 25.8 Å². The third-order valence-electron chi connectivity index (χ3n) is 4.57. The third kappa shape index (κ3) is 5.69. The van der Waals surface area contributed by atoms with Crippen LogP contribution in [0.4, 0.5) is 11.5 Å². The molecule has 3 rings (SSSR count). The summed E-state index contributed by atoms with van der Waals surface area (Å²) in [6.07, 6.45) is 2.86. The highest BCUT2D eigenvalue weighted by atomic mass is 79.9. The third-order valence-corrected chi connectivity index (χ3v) is 6.15. The Morgan fingerprint density at radius 1 is 1.26 bits per heavy atom. The molecule has 2 atom stereocenters. The first-order valence-electron chi connectivity index (χ1n) is 9.16. The Labute approximate surface area is 173 Å². The van der Waals surface area contributed by atoms with Gasteiger partial charge in [-0.15, -0.1) is 0 Å². The Hall–Kier alpha value is -1.60. The van der Waals surface area contributed by atoms with Crippen LogP contribution in [0, 0.1) is 18.8 Å². The van der Waals surface area contributed by atoms with Crippen molar-refractivity contribution in [2.24, 2.45) is 11.8 Å². The number of piperidine rings is 1. The van der Waals surface area contributed by atoms with E-state index < -0.39 is 0 Å². The quantitative estimate of drug-likeness (QED) is 0.527. The summed E-state index contributed by atoms with van der Waals surface area (Å²) in [5.74, 6) is 2.54. The number of thioether (sulfide) groups is 1. The normalized spacial score (nSPS) is 19.8. The van der Waals surface area contributed by atoms with Crippen molar-refractivity contribution in [3.63, 3.8) is 0 Å². The lowest BCUT2D eigenvalue weighted by atomic mass is 9.92. The Morgan fingerprint density at radius 3 is 2.70 bits per heavy atom. The van der Waals surface area contributed by atoms with Gasteiger partial charge >= 0.3 is 0 Å². The average Bonchev–Trinajstić information content (AvgIpc) is 2.62. The molecule has 1 aliphatic rings. The molecule has 0 spiro atoms. The maximum absolute atomic E-state index is 12.3. The number of aryl methyl sites for hydroxylation is 1. The van der Waals surface area contributed by atoms with Crippen LogP contribution in [0.2, 0.25) is 0 Å². The molecular weight excluding hydrogens is 424 g/mol. The van der Waals surface area contributed by atoms with Crippen LogP contribution < -0.4 is 10.2 Å². The molecule has 1 fully saturated rings. The number of benzene rings is 1. The molecule has 0 bridgehead atoms. The van der Waals surface area contributed by atoms with Gasteiger partial charge < -0.3 is 10.2 Å². The van der Waals surface area contributed by atoms with Gasteiger partial charge in [-0.25, -0.2) is 9.97 Å². The standard InChI is InChI=1S/C20H25BrN4OS/c1-13-4-5-17(16(21)7-13)24-19(26)11-27-20-8-18(22-12-23-20)25-9-14(2)6-15(3)10-25/h4-5,7-8,12,14-15H,6,9-11H2,1-3H3,(H,24,26)/t14-,15-/m1/s1. The Bertz CT molecular complexity index is 806. The van der Waals surface area contributed by atoms with Crippen molar-refractivity contribution < 1.29 is 4.79 Å². The fourth-order valence-corrected chi connectivity index (χ4v) is 4.73. The van der Waals surface area contributed by atoms with Gasteiger partial charge in [-0.3, -0.25) is 4.79 Å². The van der Waals surface area contributed by atoms with Gasteiger partial charge in [-0.2, -0.15) is 0 Å². The van der Waals surface area contributed by atoms with E-state index in [2.05, 4.69) is 50.0 Å². The average molecular weight is 449 g/mol. The first-order chi connectivity index (χ1) is 12.9. The number of amides is 1. The second-order valence-electron chi connectivity index (χ2n) is 7.39. The minimum Gasteiger partial charge on any atom is -0.356 e. The summed E-state index contributed by atoms with van der Waals surface area (Å²) in [6.45, 7) is 8.63. The molecule has 1 amide bonds. The number of hydrogen-bond donors (Lipinski definition) is 1. The fourth-order valence-electron chi connectivity index (χ4n) is 3.48. The molecule has 0 unspecified atom stereocenters. The number of carbonyl (C=O) groups excluding carboxylic acids is 1. The second-order valence-corrected chi connectivity index (χ2v) is 9.24. The molecule has 1 aromatic carbocycles. The Kier molecular flexibility index (Phi) is 6.76. The number of rotatable bonds is 5. The van der Waals surface area contributed by atoms with E-state index in [0.29, 0.717) is 17.6 Å². The molecule has 0 saturated carbocycles. The summed E-state index contributed by atoms with van der Waals surface area (Å²) >= 11 is 4.92. The second kappa shape index (κ2) is 9.06. The Morgan fingerprint density at radius 2 is 2.00 bits per heavy atom. The highest BCUT2D eigenvalue weighted by Crippen LogP contribution is 2.27. The van der Waals surface area contributed by atoms with Crippen LogP contribution in [0.3, 0.4) is 0 Å². The van der Waals surface area contributed by atoms with E-state index in [1.165, 1.54) is 18.2 Å². The van der Waals surface area contributed by atoms with Gasteiger partial charge in [0.1, 0.15) is 17.2 Å². The summed E-state index contributed by atoms with van der Waals surface area (Å²) in [7, 11) is 0. The first kappa shape index (κ1) is 20.1. The monoisotopic (exact) mass is 448 g/mol. The predicted molar refractivity (Wildman–Crippen MR) is 115 cm³/mol. The first-order valence-corrected chi connectivity index (χ1v) is 10.9. The molecule has 0 radical (unpaired) electrons. The number of aromatic nitrogens is 2. The molecule has 5 nitrogen and oxygen atoms in total. The Balaban J connectivity index is 1.58. The molecule has 27 heavy (non-hydrogen) atoms. The lowest BCUT2D eigenvalue weighted by Gasteiger charge is -2.35. The van der Waals surface area contributed by atoms with Crippen molar-refractivity contribution in [1.29, 1.82) is 0 Å². The van der Waals surface area contributed by atoms with Crippen LogP contribution in [0.15, 0.2) is 40.1 Å². The highest BCUT2D eigenvalue weighted by molar-refractivity contribution is 9.10. The number of anilines is 2. The van der Waals surface area contributed by atoms with Crippen molar-refractivity contribution in [2.75, 3.05) is 29.1 Å². The maximum atomic E-state index is 12.3. The SMILES string of the molecule is Cc1ccc(NC(=O)CSc2cc(N3C[C@H](C)C[C@@H](C)C3)ncn2)c(Br)c1. The van der Waals surface area contributed by atoms with Crippen molar-refractivity contribution in [1.82, 2.24) is 9.97 Å². The lowest BCUT2D eigenvalue weighted by molar-refractivity contribution is -0.113. The molecule has 2 heterocycles. The van der Waals surface area contributed by atoms with E-state index in [0.717, 1.165) is 39.7 Å². The zero-order chi connectivity index (χ0) is 19.4. The number of nitrogens with one attached hydrogen (secondary N) is 1. The van der Waals surface area contributed by atoms with Gasteiger partial charge in [0.15, 0.2) is 0 Å². The van der Waals surface area contributed by atoms with Crippen molar-refractivity contribution in [3.8, 4) is 0 Å². The smallest absolute Gasteiger partial charge is 0.234 e. The van der Waals surface area contributed by atoms with Gasteiger partial charge in [-0.1, -0.05) is 31.7 Å². The van der Waals surface area contributed by atoms with Gasteiger partial charge in [0, 0.05) is 23.6 Å². The number of nitrogens with zero attached hydrogens (tertiary/aromatic N) is 3. The highest BCUT2D eigenvalue weighted by Gasteiger charge is 2.23. The summed E-state index contributed by atoms with van der Waals surface area (Å²) in [4.78, 5) is 23.4. The molecule has 144 valence electrons. The molecule has 0 aliphatic carbocycles. The molecule has 1 aromatic heterocycles. The topological polar surface area (TPSA) is 58.1 Å². The van der Waals surface area contributed by atoms with E-state index in [1.807, 2.05) is 31.2 Å². The van der Waals surface area contributed by atoms with Crippen LogP contribution in [-0.4, -0.2) is 34.7 Å². The van der Waals surface area contributed by atoms with Crippen molar-refractivity contribution in [2.45, 2.75) is 32.2 Å². The lowest BCUT2D eigenvalue weighted by Crippen LogP contribution is -2.39. The summed E-state index contributed by atoms with van der Waals surface area (Å²) in [5, 5.41) is 3.76. The van der Waals surface area contributed by atoms with Gasteiger partial charge in [0.05, 0.1) is 11.4 Å². The minimum absolute atomic E-state index is 0.0510. The largest absolute Gasteiger partial charge is 0.356 e. The van der Waals surface area contributed by atoms with E-state index >= 15 is 0 Å². The molecule has 1 N–H and O–H groups in total. The van der Waals surface area contributed by atoms with Gasteiger partial charge in [0.25, 0.3) is 0 Å². The zero-order valence-electron chi connectivity index (χ0n) is 15.9. The van der Waals surface area contributed by atoms with Gasteiger partial charge in [-0.05, 0) is 58.8 Å². The molecule has 1 aliphatic heterocycles. The predicted octanol–water partition coefficient (Wildman–Crippen LogP) is 4.76. The fraction of sp³-hybridized carbons (Fsp3) is 0.450. The van der Waals surface area contributed by atoms with Crippen molar-refractivity contribution >= 4 is 45.1 Å². The van der Waals surface area contributed by atoms with Crippen molar-refractivity contribution in [3.05, 3.63) is 40.6 Å². The van der Waals surface area contributed by atoms with E-state index in [9.17, 15) is 4.79 Å². The van der Waals surface area contributed by atoms with E-state index in [-0.39, 0.29) is 5.91 Å². The maximum Gasteiger partial charge on any atom is 0.234 e. The van der Waals surface area contributed by atoms with Crippen LogP contribution in [0.25, 0.3) is 0 Å². The summed E-state index contributed by atoms with van der Waals surface area (Å²) < 4.78 is 0.888. The van der Waals surface area contributed by atoms with Crippen LogP contribution in [-0.2, 0) is 4.79 Å². The van der Waals surface area contributed by atoms with Crippen LogP contribution >= 0.6 is 27.7 Å². The summed E-state index contributed by atoms with van der Waals surface area (Å²) in [5.41, 5.74) is 1.93. The molecule has 1 saturated heterocycles. The van der Waals surface area contributed by atoms with E-state index in [1.54, 1.807) is 6.33 Å².